The molecule has 1 aromatic heterocycles. The molecule has 2 aliphatic rings. The summed E-state index contributed by atoms with van der Waals surface area (Å²) in [6.07, 6.45) is 8.25. The van der Waals surface area contributed by atoms with Crippen LogP contribution in [-0.4, -0.2) is 0 Å². The minimum absolute atomic E-state index is 0.152. The highest BCUT2D eigenvalue weighted by atomic mass is 32.1. The molecular formula is C59H45NS. The minimum atomic E-state index is -0.521. The second-order valence-corrected chi connectivity index (χ2v) is 18.0. The van der Waals surface area contributed by atoms with Gasteiger partial charge in [-0.15, -0.1) is 11.3 Å². The van der Waals surface area contributed by atoms with E-state index in [9.17, 15) is 0 Å². The maximum absolute atomic E-state index is 3.97. The number of fused-ring (bicyclic) bond motifs is 9. The third-order valence-electron chi connectivity index (χ3n) is 13.3. The molecule has 61 heavy (non-hydrogen) atoms. The van der Waals surface area contributed by atoms with Crippen LogP contribution in [0.3, 0.4) is 0 Å². The Bertz CT molecular complexity index is 3270. The van der Waals surface area contributed by atoms with Gasteiger partial charge in [-0.3, -0.25) is 0 Å². The SMILES string of the molecule is C=C/C=C\C=C(/C)C1(c2ccccc2)c2ccccc2-c2ccc(N(c3ccc4c(c3)C(C)(C)c3ccccc3-4)c3ccccc3-c3ccc4sc5ccccc5c4c3)cc21. The highest BCUT2D eigenvalue weighted by molar-refractivity contribution is 7.25. The van der Waals surface area contributed by atoms with Crippen molar-refractivity contribution in [3.05, 3.63) is 246 Å². The van der Waals surface area contributed by atoms with Gasteiger partial charge in [-0.1, -0.05) is 184 Å². The van der Waals surface area contributed by atoms with Crippen LogP contribution in [0.25, 0.3) is 53.6 Å². The Labute approximate surface area is 362 Å². The van der Waals surface area contributed by atoms with Gasteiger partial charge < -0.3 is 4.90 Å². The normalized spacial score (nSPS) is 16.1. The Balaban J connectivity index is 1.18. The number of anilines is 3. The van der Waals surface area contributed by atoms with Crippen molar-refractivity contribution in [1.82, 2.24) is 0 Å². The van der Waals surface area contributed by atoms with Crippen molar-refractivity contribution in [2.24, 2.45) is 0 Å². The first-order valence-electron chi connectivity index (χ1n) is 21.2. The number of benzene rings is 8. The average molecular weight is 800 g/mol. The minimum Gasteiger partial charge on any atom is -0.310 e. The van der Waals surface area contributed by atoms with Crippen LogP contribution in [0.1, 0.15) is 48.6 Å². The fraction of sp³-hybridized carbons (Fsp3) is 0.0847. The number of allylic oxidation sites excluding steroid dienone is 5. The summed E-state index contributed by atoms with van der Waals surface area (Å²) in [5, 5.41) is 2.60. The van der Waals surface area contributed by atoms with Crippen LogP contribution in [0.5, 0.6) is 0 Å². The number of hydrogen-bond acceptors (Lipinski definition) is 2. The number of nitrogens with zero attached hydrogens (tertiary/aromatic N) is 1. The lowest BCUT2D eigenvalue weighted by Crippen LogP contribution is -2.28. The number of hydrogen-bond donors (Lipinski definition) is 0. The lowest BCUT2D eigenvalue weighted by atomic mass is 9.67. The van der Waals surface area contributed by atoms with Crippen molar-refractivity contribution >= 4 is 48.6 Å². The van der Waals surface area contributed by atoms with Crippen LogP contribution in [0.2, 0.25) is 0 Å². The summed E-state index contributed by atoms with van der Waals surface area (Å²) in [7, 11) is 0. The molecule has 0 N–H and O–H groups in total. The van der Waals surface area contributed by atoms with Crippen molar-refractivity contribution in [1.29, 1.82) is 0 Å². The smallest absolute Gasteiger partial charge is 0.0674 e. The van der Waals surface area contributed by atoms with E-state index in [0.29, 0.717) is 0 Å². The highest BCUT2D eigenvalue weighted by Crippen LogP contribution is 2.58. The van der Waals surface area contributed by atoms with Gasteiger partial charge in [-0.05, 0) is 111 Å². The Morgan fingerprint density at radius 3 is 1.87 bits per heavy atom. The van der Waals surface area contributed by atoms with Crippen LogP contribution < -0.4 is 4.90 Å². The van der Waals surface area contributed by atoms with Crippen LogP contribution in [-0.2, 0) is 10.8 Å². The molecule has 0 aliphatic heterocycles. The van der Waals surface area contributed by atoms with Crippen LogP contribution in [0.4, 0.5) is 17.1 Å². The Kier molecular flexibility index (Phi) is 8.70. The largest absolute Gasteiger partial charge is 0.310 e. The molecule has 0 saturated heterocycles. The average Bonchev–Trinajstić information content (AvgIpc) is 3.90. The van der Waals surface area contributed by atoms with Gasteiger partial charge in [0.1, 0.15) is 0 Å². The van der Waals surface area contributed by atoms with Gasteiger partial charge in [0.05, 0.1) is 11.1 Å². The van der Waals surface area contributed by atoms with E-state index in [0.717, 1.165) is 17.1 Å². The summed E-state index contributed by atoms with van der Waals surface area (Å²) in [6.45, 7) is 11.0. The van der Waals surface area contributed by atoms with Gasteiger partial charge in [-0.25, -0.2) is 0 Å². The lowest BCUT2D eigenvalue weighted by molar-refractivity contribution is 0.660. The van der Waals surface area contributed by atoms with E-state index in [2.05, 4.69) is 226 Å². The Morgan fingerprint density at radius 1 is 0.508 bits per heavy atom. The van der Waals surface area contributed by atoms with E-state index in [4.69, 9.17) is 0 Å². The molecule has 2 aliphatic carbocycles. The molecule has 0 bridgehead atoms. The third-order valence-corrected chi connectivity index (χ3v) is 14.5. The highest BCUT2D eigenvalue weighted by Gasteiger charge is 2.46. The molecule has 9 aromatic rings. The van der Waals surface area contributed by atoms with Gasteiger partial charge in [0, 0.05) is 42.5 Å². The molecule has 2 heteroatoms. The fourth-order valence-corrected chi connectivity index (χ4v) is 11.6. The molecule has 0 radical (unpaired) electrons. The zero-order chi connectivity index (χ0) is 41.3. The van der Waals surface area contributed by atoms with E-state index in [1.54, 1.807) is 0 Å². The molecule has 1 nitrogen and oxygen atoms in total. The predicted octanol–water partition coefficient (Wildman–Crippen LogP) is 16.5. The summed E-state index contributed by atoms with van der Waals surface area (Å²) in [5.74, 6) is 0. The van der Waals surface area contributed by atoms with Crippen molar-refractivity contribution in [2.45, 2.75) is 31.6 Å². The van der Waals surface area contributed by atoms with E-state index < -0.39 is 5.41 Å². The molecule has 8 aromatic carbocycles. The molecule has 1 unspecified atom stereocenters. The molecule has 1 heterocycles. The number of rotatable bonds is 8. The second-order valence-electron chi connectivity index (χ2n) is 16.9. The monoisotopic (exact) mass is 799 g/mol. The Morgan fingerprint density at radius 2 is 1.10 bits per heavy atom. The zero-order valence-corrected chi connectivity index (χ0v) is 35.5. The Hall–Kier alpha value is -7.00. The summed E-state index contributed by atoms with van der Waals surface area (Å²) in [6, 6.07) is 68.1. The van der Waals surface area contributed by atoms with E-state index in [1.807, 2.05) is 23.5 Å². The van der Waals surface area contributed by atoms with Crippen molar-refractivity contribution in [2.75, 3.05) is 4.90 Å². The summed E-state index contributed by atoms with van der Waals surface area (Å²) < 4.78 is 2.62. The van der Waals surface area contributed by atoms with Crippen LogP contribution in [0, 0.1) is 0 Å². The van der Waals surface area contributed by atoms with E-state index in [1.165, 1.54) is 86.9 Å². The maximum Gasteiger partial charge on any atom is 0.0674 e. The molecule has 0 spiro atoms. The first kappa shape index (κ1) is 37.0. The molecule has 0 saturated carbocycles. The standard InChI is InChI=1S/C59H45NS/c1-5-6-8-19-39(2)59(41-20-9-7-10-21-41)52-27-16-12-24-46(52)48-34-32-43(38-54(48)59)60(42-31-33-47-45-23-11-15-26-51(45)58(3,4)53(47)37-42)55-28-17-13-22-44(55)40-30-35-57-50(36-40)49-25-14-18-29-56(49)61-57/h5-38H,1H2,2-4H3/b8-6-,39-19+. The van der Waals surface area contributed by atoms with E-state index in [-0.39, 0.29) is 5.41 Å². The zero-order valence-electron chi connectivity index (χ0n) is 34.7. The molecule has 1 atom stereocenters. The topological polar surface area (TPSA) is 3.24 Å². The van der Waals surface area contributed by atoms with Gasteiger partial charge in [0.25, 0.3) is 0 Å². The molecular weight excluding hydrogens is 755 g/mol. The predicted molar refractivity (Wildman–Crippen MR) is 262 cm³/mol. The van der Waals surface area contributed by atoms with Crippen molar-refractivity contribution in [3.8, 4) is 33.4 Å². The first-order valence-corrected chi connectivity index (χ1v) is 22.0. The molecule has 0 amide bonds. The van der Waals surface area contributed by atoms with Gasteiger partial charge >= 0.3 is 0 Å². The summed E-state index contributed by atoms with van der Waals surface area (Å²) >= 11 is 1.86. The third kappa shape index (κ3) is 5.59. The molecule has 0 fully saturated rings. The summed E-state index contributed by atoms with van der Waals surface area (Å²) in [4.78, 5) is 2.51. The second kappa shape index (κ2) is 14.3. The maximum atomic E-state index is 3.97. The van der Waals surface area contributed by atoms with Gasteiger partial charge in [0.15, 0.2) is 0 Å². The number of para-hydroxylation sites is 1. The van der Waals surface area contributed by atoms with Crippen molar-refractivity contribution < 1.29 is 0 Å². The molecule has 292 valence electrons. The van der Waals surface area contributed by atoms with Crippen molar-refractivity contribution in [3.63, 3.8) is 0 Å². The van der Waals surface area contributed by atoms with Gasteiger partial charge in [0.2, 0.25) is 0 Å². The summed E-state index contributed by atoms with van der Waals surface area (Å²) in [5.41, 5.74) is 18.1. The first-order chi connectivity index (χ1) is 29.9. The van der Waals surface area contributed by atoms with Gasteiger partial charge in [-0.2, -0.15) is 0 Å². The van der Waals surface area contributed by atoms with E-state index >= 15 is 0 Å². The van der Waals surface area contributed by atoms with Crippen LogP contribution >= 0.6 is 11.3 Å². The van der Waals surface area contributed by atoms with Crippen LogP contribution in [0.15, 0.2) is 218 Å². The lowest BCUT2D eigenvalue weighted by Gasteiger charge is -2.35. The fourth-order valence-electron chi connectivity index (χ4n) is 10.5. The number of thiophene rings is 1. The quantitative estimate of drug-likeness (QED) is 0.138. The molecule has 11 rings (SSSR count).